The molecule has 10 heavy (non-hydrogen) atoms. The summed E-state index contributed by atoms with van der Waals surface area (Å²) >= 11 is 0. The van der Waals surface area contributed by atoms with E-state index in [1.165, 1.54) is 0 Å². The van der Waals surface area contributed by atoms with Crippen LogP contribution in [0.15, 0.2) is 5.16 Å². The minimum atomic E-state index is -0.0376. The van der Waals surface area contributed by atoms with Crippen LogP contribution in [0.3, 0.4) is 0 Å². The Morgan fingerprint density at radius 1 is 1.80 bits per heavy atom. The van der Waals surface area contributed by atoms with Gasteiger partial charge in [-0.25, -0.2) is 0 Å². The highest BCUT2D eigenvalue weighted by Crippen LogP contribution is 2.30. The lowest BCUT2D eigenvalue weighted by Crippen LogP contribution is -2.41. The molecule has 2 aliphatic rings. The summed E-state index contributed by atoms with van der Waals surface area (Å²) in [6.07, 6.45) is 1.07. The van der Waals surface area contributed by atoms with Crippen LogP contribution >= 0.6 is 0 Å². The average Bonchev–Trinajstić information content (AvgIpc) is 2.35. The van der Waals surface area contributed by atoms with Crippen LogP contribution in [0, 0.1) is 0 Å². The number of rotatable bonds is 0. The maximum Gasteiger partial charge on any atom is 0.156 e. The lowest BCUT2D eigenvalue weighted by atomic mass is 9.95. The van der Waals surface area contributed by atoms with Crippen molar-refractivity contribution in [2.45, 2.75) is 31.9 Å². The van der Waals surface area contributed by atoms with Crippen LogP contribution in [0.4, 0.5) is 0 Å². The quantitative estimate of drug-likeness (QED) is 0.532. The molecule has 0 aromatic carbocycles. The molecule has 0 aromatic heterocycles. The summed E-state index contributed by atoms with van der Waals surface area (Å²) < 4.78 is 0. The molecule has 0 spiro atoms. The van der Waals surface area contributed by atoms with E-state index in [1.54, 1.807) is 0 Å². The number of fused-ring (bicyclic) bond motifs is 1. The summed E-state index contributed by atoms with van der Waals surface area (Å²) in [5, 5.41) is 7.30. The number of nitrogens with zero attached hydrogens (tertiary/aromatic N) is 1. The minimum absolute atomic E-state index is 0.0376. The Hall–Kier alpha value is -0.570. The predicted molar refractivity (Wildman–Crippen MR) is 39.0 cm³/mol. The lowest BCUT2D eigenvalue weighted by molar-refractivity contribution is -0.00277. The van der Waals surface area contributed by atoms with Crippen LogP contribution in [0.1, 0.15) is 20.3 Å². The number of oxime groups is 1. The molecule has 0 radical (unpaired) electrons. The van der Waals surface area contributed by atoms with Gasteiger partial charge in [0.25, 0.3) is 0 Å². The summed E-state index contributed by atoms with van der Waals surface area (Å²) in [5.41, 5.74) is 1.05. The van der Waals surface area contributed by atoms with Gasteiger partial charge in [0, 0.05) is 6.42 Å². The predicted octanol–water partition coefficient (Wildman–Crippen LogP) is 0.513. The van der Waals surface area contributed by atoms with Gasteiger partial charge in [-0.1, -0.05) is 5.16 Å². The third-order valence-electron chi connectivity index (χ3n) is 2.40. The maximum atomic E-state index is 5.30. The van der Waals surface area contributed by atoms with Crippen molar-refractivity contribution in [1.82, 2.24) is 5.32 Å². The van der Waals surface area contributed by atoms with Crippen molar-refractivity contribution in [3.63, 3.8) is 0 Å². The first kappa shape index (κ1) is 6.16. The van der Waals surface area contributed by atoms with Crippen molar-refractivity contribution in [3.05, 3.63) is 0 Å². The molecule has 0 bridgehead atoms. The van der Waals surface area contributed by atoms with Gasteiger partial charge >= 0.3 is 0 Å². The summed E-state index contributed by atoms with van der Waals surface area (Å²) in [7, 11) is 0. The molecule has 0 aromatic rings. The second-order valence-corrected chi connectivity index (χ2v) is 3.27. The minimum Gasteiger partial charge on any atom is -0.387 e. The number of hydrogen-bond acceptors (Lipinski definition) is 3. The van der Waals surface area contributed by atoms with E-state index < -0.39 is 0 Å². The van der Waals surface area contributed by atoms with E-state index in [0.29, 0.717) is 6.04 Å². The van der Waals surface area contributed by atoms with Gasteiger partial charge in [0.1, 0.15) is 0 Å². The topological polar surface area (TPSA) is 33.6 Å². The standard InChI is InChI=1S/C7H12N2O/c1-5-6-7(2,10-9-5)3-4-8-6/h6,8H,3-4H2,1-2H3. The third-order valence-corrected chi connectivity index (χ3v) is 2.40. The van der Waals surface area contributed by atoms with Crippen LogP contribution in [-0.4, -0.2) is 23.9 Å². The second kappa shape index (κ2) is 1.72. The van der Waals surface area contributed by atoms with Gasteiger partial charge in [-0.3, -0.25) is 0 Å². The summed E-state index contributed by atoms with van der Waals surface area (Å²) in [6.45, 7) is 5.17. The highest BCUT2D eigenvalue weighted by atomic mass is 16.7. The van der Waals surface area contributed by atoms with E-state index in [2.05, 4.69) is 17.4 Å². The Balaban J connectivity index is 2.27. The van der Waals surface area contributed by atoms with E-state index in [1.807, 2.05) is 6.92 Å². The Morgan fingerprint density at radius 2 is 2.60 bits per heavy atom. The first-order chi connectivity index (χ1) is 4.72. The largest absolute Gasteiger partial charge is 0.387 e. The molecule has 3 heteroatoms. The summed E-state index contributed by atoms with van der Waals surface area (Å²) in [5.74, 6) is 0. The van der Waals surface area contributed by atoms with Gasteiger partial charge < -0.3 is 10.2 Å². The fourth-order valence-corrected chi connectivity index (χ4v) is 1.74. The highest BCUT2D eigenvalue weighted by Gasteiger charge is 2.46. The van der Waals surface area contributed by atoms with E-state index in [4.69, 9.17) is 4.84 Å². The molecule has 2 unspecified atom stereocenters. The normalized spacial score (nSPS) is 44.6. The van der Waals surface area contributed by atoms with Crippen molar-refractivity contribution in [2.24, 2.45) is 5.16 Å². The SMILES string of the molecule is CC1=NOC2(C)CCNC12. The number of nitrogens with one attached hydrogen (secondary N) is 1. The number of hydrogen-bond donors (Lipinski definition) is 1. The smallest absolute Gasteiger partial charge is 0.156 e. The zero-order chi connectivity index (χ0) is 7.19. The third kappa shape index (κ3) is 0.611. The van der Waals surface area contributed by atoms with Crippen molar-refractivity contribution in [3.8, 4) is 0 Å². The molecule has 1 saturated heterocycles. The molecule has 2 heterocycles. The molecular formula is C7H12N2O. The van der Waals surface area contributed by atoms with Crippen LogP contribution < -0.4 is 5.32 Å². The van der Waals surface area contributed by atoms with E-state index in [9.17, 15) is 0 Å². The zero-order valence-corrected chi connectivity index (χ0v) is 6.35. The zero-order valence-electron chi connectivity index (χ0n) is 6.35. The van der Waals surface area contributed by atoms with Crippen molar-refractivity contribution in [1.29, 1.82) is 0 Å². The molecule has 2 rings (SSSR count). The fourth-order valence-electron chi connectivity index (χ4n) is 1.74. The maximum absolute atomic E-state index is 5.30. The Bertz CT molecular complexity index is 190. The summed E-state index contributed by atoms with van der Waals surface area (Å²) in [4.78, 5) is 5.30. The second-order valence-electron chi connectivity index (χ2n) is 3.27. The molecular weight excluding hydrogens is 128 g/mol. The van der Waals surface area contributed by atoms with Crippen LogP contribution in [0.2, 0.25) is 0 Å². The molecule has 3 nitrogen and oxygen atoms in total. The molecule has 56 valence electrons. The van der Waals surface area contributed by atoms with Gasteiger partial charge in [-0.15, -0.1) is 0 Å². The van der Waals surface area contributed by atoms with Crippen LogP contribution in [-0.2, 0) is 4.84 Å². The average molecular weight is 140 g/mol. The van der Waals surface area contributed by atoms with E-state index >= 15 is 0 Å². The first-order valence-electron chi connectivity index (χ1n) is 3.68. The summed E-state index contributed by atoms with van der Waals surface area (Å²) in [6, 6.07) is 0.368. The Labute approximate surface area is 60.4 Å². The molecule has 2 atom stereocenters. The van der Waals surface area contributed by atoms with Gasteiger partial charge in [0.15, 0.2) is 5.60 Å². The molecule has 1 fully saturated rings. The van der Waals surface area contributed by atoms with Gasteiger partial charge in [-0.2, -0.15) is 0 Å². The van der Waals surface area contributed by atoms with Crippen molar-refractivity contribution < 1.29 is 4.84 Å². The Kier molecular flexibility index (Phi) is 1.06. The fraction of sp³-hybridized carbons (Fsp3) is 0.857. The van der Waals surface area contributed by atoms with Gasteiger partial charge in [0.05, 0.1) is 11.8 Å². The molecule has 0 saturated carbocycles. The first-order valence-corrected chi connectivity index (χ1v) is 3.68. The van der Waals surface area contributed by atoms with Crippen LogP contribution in [0.25, 0.3) is 0 Å². The van der Waals surface area contributed by atoms with Crippen molar-refractivity contribution in [2.75, 3.05) is 6.54 Å². The van der Waals surface area contributed by atoms with Gasteiger partial charge in [-0.05, 0) is 20.4 Å². The van der Waals surface area contributed by atoms with Gasteiger partial charge in [0.2, 0.25) is 0 Å². The molecule has 0 aliphatic carbocycles. The van der Waals surface area contributed by atoms with E-state index in [0.717, 1.165) is 18.7 Å². The lowest BCUT2D eigenvalue weighted by Gasteiger charge is -2.19. The highest BCUT2D eigenvalue weighted by molar-refractivity contribution is 5.89. The van der Waals surface area contributed by atoms with Crippen molar-refractivity contribution >= 4 is 5.71 Å². The molecule has 0 amide bonds. The van der Waals surface area contributed by atoms with E-state index in [-0.39, 0.29) is 5.60 Å². The Morgan fingerprint density at radius 3 is 3.30 bits per heavy atom. The monoisotopic (exact) mass is 140 g/mol. The molecule has 2 aliphatic heterocycles. The van der Waals surface area contributed by atoms with Crippen LogP contribution in [0.5, 0.6) is 0 Å². The molecule has 1 N–H and O–H groups in total.